The van der Waals surface area contributed by atoms with E-state index in [1.807, 2.05) is 6.08 Å². The van der Waals surface area contributed by atoms with Gasteiger partial charge in [-0.05, 0) is 25.2 Å². The van der Waals surface area contributed by atoms with Gasteiger partial charge in [-0.3, -0.25) is 4.79 Å². The molecule has 0 heterocycles. The van der Waals surface area contributed by atoms with Crippen molar-refractivity contribution >= 4 is 5.97 Å². The van der Waals surface area contributed by atoms with Gasteiger partial charge in [0.15, 0.2) is 0 Å². The number of hydrogen-bond acceptors (Lipinski definition) is 3. The van der Waals surface area contributed by atoms with E-state index in [0.717, 1.165) is 32.1 Å². The Labute approximate surface area is 115 Å². The second kappa shape index (κ2) is 8.33. The molecule has 110 valence electrons. The van der Waals surface area contributed by atoms with Crippen LogP contribution in [0, 0.1) is 11.8 Å². The Morgan fingerprint density at radius 1 is 1.37 bits per heavy atom. The second-order valence-electron chi connectivity index (χ2n) is 5.52. The number of carboxylic acid groups (broad SMARTS) is 1. The molecule has 0 spiro atoms. The first-order chi connectivity index (χ1) is 9.04. The largest absolute Gasteiger partial charge is 0.481 e. The van der Waals surface area contributed by atoms with E-state index in [4.69, 9.17) is 5.11 Å². The van der Waals surface area contributed by atoms with Crippen molar-refractivity contribution in [1.29, 1.82) is 0 Å². The van der Waals surface area contributed by atoms with Gasteiger partial charge in [-0.1, -0.05) is 38.3 Å². The van der Waals surface area contributed by atoms with Gasteiger partial charge < -0.3 is 15.3 Å². The topological polar surface area (TPSA) is 77.8 Å². The maximum Gasteiger partial charge on any atom is 0.303 e. The number of aliphatic carboxylic acids is 1. The molecule has 0 bridgehead atoms. The van der Waals surface area contributed by atoms with Gasteiger partial charge in [0, 0.05) is 5.92 Å². The van der Waals surface area contributed by atoms with Crippen LogP contribution in [0.25, 0.3) is 0 Å². The molecule has 4 heteroatoms. The fraction of sp³-hybridized carbons (Fsp3) is 0.800. The maximum absolute atomic E-state index is 10.8. The molecule has 3 unspecified atom stereocenters. The van der Waals surface area contributed by atoms with Crippen LogP contribution in [0.15, 0.2) is 12.2 Å². The number of hydrogen-bond donors (Lipinski definition) is 3. The Bertz CT molecular complexity index is 301. The van der Waals surface area contributed by atoms with E-state index >= 15 is 0 Å². The van der Waals surface area contributed by atoms with Crippen molar-refractivity contribution < 1.29 is 20.1 Å². The number of carboxylic acids is 1. The number of allylic oxidation sites excluding steroid dienone is 1. The molecular weight excluding hydrogens is 244 g/mol. The number of aliphatic hydroxyl groups is 2. The van der Waals surface area contributed by atoms with Crippen LogP contribution in [0.3, 0.4) is 0 Å². The Balaban J connectivity index is 2.43. The van der Waals surface area contributed by atoms with Crippen LogP contribution in [0.2, 0.25) is 0 Å². The SMILES string of the molecule is CCCCCC(O)/C=C/C1CC[C@@H](O)C1CC(=O)O. The number of unbranched alkanes of at least 4 members (excludes halogenated alkanes) is 2. The van der Waals surface area contributed by atoms with Crippen LogP contribution in [0.1, 0.15) is 51.9 Å². The van der Waals surface area contributed by atoms with Crippen molar-refractivity contribution in [3.05, 3.63) is 12.2 Å². The number of rotatable bonds is 8. The van der Waals surface area contributed by atoms with Crippen LogP contribution >= 0.6 is 0 Å². The summed E-state index contributed by atoms with van der Waals surface area (Å²) >= 11 is 0. The molecule has 4 atom stereocenters. The lowest BCUT2D eigenvalue weighted by Crippen LogP contribution is -2.21. The summed E-state index contributed by atoms with van der Waals surface area (Å²) in [7, 11) is 0. The monoisotopic (exact) mass is 270 g/mol. The van der Waals surface area contributed by atoms with E-state index in [1.165, 1.54) is 0 Å². The smallest absolute Gasteiger partial charge is 0.303 e. The van der Waals surface area contributed by atoms with E-state index in [9.17, 15) is 15.0 Å². The zero-order valence-corrected chi connectivity index (χ0v) is 11.7. The van der Waals surface area contributed by atoms with Gasteiger partial charge in [0.1, 0.15) is 0 Å². The minimum absolute atomic E-state index is 0.00209. The summed E-state index contributed by atoms with van der Waals surface area (Å²) in [4.78, 5) is 10.8. The molecule has 1 saturated carbocycles. The number of carbonyl (C=O) groups is 1. The first-order valence-electron chi connectivity index (χ1n) is 7.30. The maximum atomic E-state index is 10.8. The predicted octanol–water partition coefficient (Wildman–Crippen LogP) is 2.35. The fourth-order valence-electron chi connectivity index (χ4n) is 2.78. The third kappa shape index (κ3) is 5.74. The second-order valence-corrected chi connectivity index (χ2v) is 5.52. The van der Waals surface area contributed by atoms with Gasteiger partial charge in [-0.25, -0.2) is 0 Å². The van der Waals surface area contributed by atoms with E-state index in [2.05, 4.69) is 6.92 Å². The molecule has 0 radical (unpaired) electrons. The lowest BCUT2D eigenvalue weighted by atomic mass is 9.91. The van der Waals surface area contributed by atoms with Crippen molar-refractivity contribution in [3.8, 4) is 0 Å². The van der Waals surface area contributed by atoms with Crippen molar-refractivity contribution in [1.82, 2.24) is 0 Å². The van der Waals surface area contributed by atoms with E-state index in [-0.39, 0.29) is 18.3 Å². The molecule has 0 aromatic heterocycles. The molecule has 19 heavy (non-hydrogen) atoms. The summed E-state index contributed by atoms with van der Waals surface area (Å²) in [5, 5.41) is 28.4. The third-order valence-corrected chi connectivity index (χ3v) is 3.93. The minimum Gasteiger partial charge on any atom is -0.481 e. The molecule has 1 aliphatic carbocycles. The highest BCUT2D eigenvalue weighted by Gasteiger charge is 2.34. The average molecular weight is 270 g/mol. The first kappa shape index (κ1) is 16.2. The van der Waals surface area contributed by atoms with Gasteiger partial charge in [-0.2, -0.15) is 0 Å². The molecule has 0 saturated heterocycles. The highest BCUT2D eigenvalue weighted by Crippen LogP contribution is 2.35. The number of aliphatic hydroxyl groups excluding tert-OH is 2. The van der Waals surface area contributed by atoms with Gasteiger partial charge in [0.2, 0.25) is 0 Å². The van der Waals surface area contributed by atoms with Gasteiger partial charge in [-0.15, -0.1) is 0 Å². The molecule has 4 nitrogen and oxygen atoms in total. The molecule has 0 amide bonds. The quantitative estimate of drug-likeness (QED) is 0.467. The molecule has 3 N–H and O–H groups in total. The zero-order valence-electron chi connectivity index (χ0n) is 11.7. The normalized spacial score (nSPS) is 28.9. The highest BCUT2D eigenvalue weighted by atomic mass is 16.4. The standard InChI is InChI=1S/C15H26O4/c1-2-3-4-5-12(16)8-6-11-7-9-14(17)13(11)10-15(18)19/h6,8,11-14,16-17H,2-5,7,9-10H2,1H3,(H,18,19)/b8-6+/t11?,12?,13?,14-/m1/s1. The van der Waals surface area contributed by atoms with Gasteiger partial charge >= 0.3 is 5.97 Å². The summed E-state index contributed by atoms with van der Waals surface area (Å²) in [6.07, 6.45) is 8.17. The summed E-state index contributed by atoms with van der Waals surface area (Å²) in [6, 6.07) is 0. The summed E-state index contributed by atoms with van der Waals surface area (Å²) < 4.78 is 0. The molecule has 0 aromatic carbocycles. The molecule has 1 aliphatic rings. The van der Waals surface area contributed by atoms with E-state index in [1.54, 1.807) is 6.08 Å². The minimum atomic E-state index is -0.868. The summed E-state index contributed by atoms with van der Waals surface area (Å²) in [5.74, 6) is -1.00. The summed E-state index contributed by atoms with van der Waals surface area (Å²) in [6.45, 7) is 2.12. The summed E-state index contributed by atoms with van der Waals surface area (Å²) in [5.41, 5.74) is 0. The predicted molar refractivity (Wildman–Crippen MR) is 73.8 cm³/mol. The van der Waals surface area contributed by atoms with Crippen molar-refractivity contribution in [2.75, 3.05) is 0 Å². The van der Waals surface area contributed by atoms with Gasteiger partial charge in [0.05, 0.1) is 18.6 Å². The molecular formula is C15H26O4. The lowest BCUT2D eigenvalue weighted by Gasteiger charge is -2.17. The molecule has 0 aromatic rings. The van der Waals surface area contributed by atoms with E-state index < -0.39 is 18.2 Å². The van der Waals surface area contributed by atoms with Crippen LogP contribution in [-0.4, -0.2) is 33.5 Å². The Morgan fingerprint density at radius 3 is 2.74 bits per heavy atom. The van der Waals surface area contributed by atoms with E-state index in [0.29, 0.717) is 6.42 Å². The molecule has 1 rings (SSSR count). The lowest BCUT2D eigenvalue weighted by molar-refractivity contribution is -0.139. The van der Waals surface area contributed by atoms with Gasteiger partial charge in [0.25, 0.3) is 0 Å². The van der Waals surface area contributed by atoms with Crippen molar-refractivity contribution in [3.63, 3.8) is 0 Å². The van der Waals surface area contributed by atoms with Crippen molar-refractivity contribution in [2.45, 2.75) is 64.1 Å². The van der Waals surface area contributed by atoms with Crippen LogP contribution in [0.4, 0.5) is 0 Å². The Morgan fingerprint density at radius 2 is 2.11 bits per heavy atom. The Hall–Kier alpha value is -0.870. The van der Waals surface area contributed by atoms with Crippen LogP contribution in [0.5, 0.6) is 0 Å². The fourth-order valence-corrected chi connectivity index (χ4v) is 2.78. The molecule has 0 aliphatic heterocycles. The third-order valence-electron chi connectivity index (χ3n) is 3.93. The average Bonchev–Trinajstić information content (AvgIpc) is 2.68. The first-order valence-corrected chi connectivity index (χ1v) is 7.30. The van der Waals surface area contributed by atoms with Crippen LogP contribution in [-0.2, 0) is 4.79 Å². The molecule has 1 fully saturated rings. The zero-order chi connectivity index (χ0) is 14.3. The van der Waals surface area contributed by atoms with Crippen molar-refractivity contribution in [2.24, 2.45) is 11.8 Å². The highest BCUT2D eigenvalue weighted by molar-refractivity contribution is 5.67. The Kier molecular flexibility index (Phi) is 7.10. The van der Waals surface area contributed by atoms with Crippen LogP contribution < -0.4 is 0 Å².